The number of hydrogen-bond donors (Lipinski definition) is 3. The fraction of sp³-hybridized carbons (Fsp3) is 0.231. The van der Waals surface area contributed by atoms with Crippen molar-refractivity contribution in [1.29, 1.82) is 0 Å². The topological polar surface area (TPSA) is 73.5 Å². The van der Waals surface area contributed by atoms with E-state index in [9.17, 15) is 9.59 Å². The van der Waals surface area contributed by atoms with E-state index in [0.717, 1.165) is 37.2 Å². The Morgan fingerprint density at radius 3 is 2.27 bits per heavy atom. The highest BCUT2D eigenvalue weighted by Gasteiger charge is 2.18. The van der Waals surface area contributed by atoms with Crippen LogP contribution in [0.15, 0.2) is 66.7 Å². The summed E-state index contributed by atoms with van der Waals surface area (Å²) in [6, 6.07) is 19.7. The number of piperidine rings is 1. The fourth-order valence-electron chi connectivity index (χ4n) is 3.91. The molecule has 33 heavy (non-hydrogen) atoms. The molecule has 1 aliphatic rings. The van der Waals surface area contributed by atoms with Crippen molar-refractivity contribution in [2.45, 2.75) is 26.2 Å². The zero-order valence-electron chi connectivity index (χ0n) is 18.5. The number of urea groups is 1. The number of halogens is 1. The van der Waals surface area contributed by atoms with Gasteiger partial charge in [0, 0.05) is 24.3 Å². The molecule has 1 fully saturated rings. The lowest BCUT2D eigenvalue weighted by Gasteiger charge is -2.31. The van der Waals surface area contributed by atoms with Gasteiger partial charge in [0.05, 0.1) is 22.1 Å². The second-order valence-electron chi connectivity index (χ2n) is 8.16. The third kappa shape index (κ3) is 5.84. The van der Waals surface area contributed by atoms with Crippen molar-refractivity contribution in [3.05, 3.63) is 82.9 Å². The molecule has 4 rings (SSSR count). The maximum atomic E-state index is 12.8. The van der Waals surface area contributed by atoms with E-state index in [2.05, 4.69) is 20.9 Å². The minimum Gasteiger partial charge on any atom is -0.370 e. The number of nitrogens with zero attached hydrogens (tertiary/aromatic N) is 1. The number of aryl methyl sites for hydroxylation is 1. The SMILES string of the molecule is Cc1ccc(NC(=O)Nc2cc(NC(=O)c3ccccc3)ccc2N2CCCCC2)c(Cl)c1. The molecule has 1 heterocycles. The lowest BCUT2D eigenvalue weighted by molar-refractivity contribution is 0.102. The Labute approximate surface area is 198 Å². The summed E-state index contributed by atoms with van der Waals surface area (Å²) in [5, 5.41) is 9.16. The molecule has 0 saturated carbocycles. The van der Waals surface area contributed by atoms with Gasteiger partial charge in [0.15, 0.2) is 0 Å². The standard InChI is InChI=1S/C26H27ClN4O2/c1-18-10-12-22(21(27)16-18)29-26(33)30-23-17-20(28-25(32)19-8-4-2-5-9-19)11-13-24(23)31-14-6-3-7-15-31/h2,4-5,8-13,16-17H,3,6-7,14-15H2,1H3,(H,28,32)(H2,29,30,33). The van der Waals surface area contributed by atoms with Crippen molar-refractivity contribution in [3.8, 4) is 0 Å². The zero-order chi connectivity index (χ0) is 23.2. The zero-order valence-corrected chi connectivity index (χ0v) is 19.3. The van der Waals surface area contributed by atoms with Crippen LogP contribution in [-0.2, 0) is 0 Å². The molecule has 0 atom stereocenters. The second kappa shape index (κ2) is 10.4. The van der Waals surface area contributed by atoms with E-state index in [-0.39, 0.29) is 5.91 Å². The summed E-state index contributed by atoms with van der Waals surface area (Å²) in [5.74, 6) is -0.205. The minimum absolute atomic E-state index is 0.205. The number of amides is 3. The first kappa shape index (κ1) is 22.7. The molecule has 0 unspecified atom stereocenters. The van der Waals surface area contributed by atoms with Gasteiger partial charge in [-0.3, -0.25) is 4.79 Å². The van der Waals surface area contributed by atoms with Gasteiger partial charge in [-0.05, 0) is 74.2 Å². The van der Waals surface area contributed by atoms with Gasteiger partial charge in [0.25, 0.3) is 5.91 Å². The highest BCUT2D eigenvalue weighted by Crippen LogP contribution is 2.32. The first-order chi connectivity index (χ1) is 16.0. The average molecular weight is 463 g/mol. The predicted molar refractivity (Wildman–Crippen MR) is 136 cm³/mol. The fourth-order valence-corrected chi connectivity index (χ4v) is 4.20. The summed E-state index contributed by atoms with van der Waals surface area (Å²) in [4.78, 5) is 27.7. The maximum Gasteiger partial charge on any atom is 0.323 e. The van der Waals surface area contributed by atoms with Gasteiger partial charge in [0.1, 0.15) is 0 Å². The van der Waals surface area contributed by atoms with Crippen LogP contribution in [0.3, 0.4) is 0 Å². The molecule has 0 aliphatic carbocycles. The number of nitrogens with one attached hydrogen (secondary N) is 3. The normalized spacial score (nSPS) is 13.3. The molecule has 7 heteroatoms. The Balaban J connectivity index is 1.56. The summed E-state index contributed by atoms with van der Waals surface area (Å²) >= 11 is 6.27. The van der Waals surface area contributed by atoms with E-state index in [1.54, 1.807) is 30.3 Å². The molecular formula is C26H27ClN4O2. The molecule has 3 aromatic carbocycles. The van der Waals surface area contributed by atoms with Crippen molar-refractivity contribution < 1.29 is 9.59 Å². The monoisotopic (exact) mass is 462 g/mol. The van der Waals surface area contributed by atoms with Crippen molar-refractivity contribution in [3.63, 3.8) is 0 Å². The summed E-state index contributed by atoms with van der Waals surface area (Å²) < 4.78 is 0. The molecule has 6 nitrogen and oxygen atoms in total. The molecule has 170 valence electrons. The molecule has 1 aliphatic heterocycles. The lowest BCUT2D eigenvalue weighted by atomic mass is 10.1. The molecule has 1 saturated heterocycles. The largest absolute Gasteiger partial charge is 0.370 e. The molecule has 3 aromatic rings. The molecule has 0 bridgehead atoms. The van der Waals surface area contributed by atoms with Crippen LogP contribution in [-0.4, -0.2) is 25.0 Å². The van der Waals surface area contributed by atoms with E-state index < -0.39 is 6.03 Å². The van der Waals surface area contributed by atoms with Crippen LogP contribution in [0.25, 0.3) is 0 Å². The Hall–Kier alpha value is -3.51. The van der Waals surface area contributed by atoms with Crippen molar-refractivity contribution in [2.24, 2.45) is 0 Å². The second-order valence-corrected chi connectivity index (χ2v) is 8.57. The number of hydrogen-bond acceptors (Lipinski definition) is 3. The highest BCUT2D eigenvalue weighted by molar-refractivity contribution is 6.33. The summed E-state index contributed by atoms with van der Waals surface area (Å²) in [6.45, 7) is 3.79. The molecule has 0 spiro atoms. The van der Waals surface area contributed by atoms with Crippen molar-refractivity contribution in [2.75, 3.05) is 33.9 Å². The van der Waals surface area contributed by atoms with Crippen LogP contribution in [0, 0.1) is 6.92 Å². The Morgan fingerprint density at radius 1 is 0.818 bits per heavy atom. The van der Waals surface area contributed by atoms with Gasteiger partial charge < -0.3 is 20.9 Å². The Morgan fingerprint density at radius 2 is 1.55 bits per heavy atom. The van der Waals surface area contributed by atoms with Gasteiger partial charge in [0.2, 0.25) is 0 Å². The number of benzene rings is 3. The number of carbonyl (C=O) groups excluding carboxylic acids is 2. The van der Waals surface area contributed by atoms with E-state index >= 15 is 0 Å². The van der Waals surface area contributed by atoms with E-state index in [4.69, 9.17) is 11.6 Å². The van der Waals surface area contributed by atoms with Gasteiger partial charge in [-0.25, -0.2) is 4.79 Å². The summed E-state index contributed by atoms with van der Waals surface area (Å²) in [7, 11) is 0. The molecule has 3 N–H and O–H groups in total. The van der Waals surface area contributed by atoms with Crippen molar-refractivity contribution in [1.82, 2.24) is 0 Å². The van der Waals surface area contributed by atoms with Crippen LogP contribution in [0.4, 0.5) is 27.5 Å². The molecular weight excluding hydrogens is 436 g/mol. The van der Waals surface area contributed by atoms with Crippen LogP contribution in [0.1, 0.15) is 35.2 Å². The number of rotatable bonds is 5. The van der Waals surface area contributed by atoms with Crippen LogP contribution < -0.4 is 20.9 Å². The van der Waals surface area contributed by atoms with Crippen LogP contribution in [0.2, 0.25) is 5.02 Å². The minimum atomic E-state index is -0.398. The molecule has 3 amide bonds. The predicted octanol–water partition coefficient (Wildman–Crippen LogP) is 6.54. The third-order valence-electron chi connectivity index (χ3n) is 5.61. The van der Waals surface area contributed by atoms with Gasteiger partial charge >= 0.3 is 6.03 Å². The van der Waals surface area contributed by atoms with Gasteiger partial charge in [-0.2, -0.15) is 0 Å². The summed E-state index contributed by atoms with van der Waals surface area (Å²) in [5.41, 5.74) is 4.28. The lowest BCUT2D eigenvalue weighted by Crippen LogP contribution is -2.31. The maximum absolute atomic E-state index is 12.8. The van der Waals surface area contributed by atoms with Gasteiger partial charge in [-0.15, -0.1) is 0 Å². The van der Waals surface area contributed by atoms with Crippen LogP contribution in [0.5, 0.6) is 0 Å². The Bertz CT molecular complexity index is 1140. The first-order valence-electron chi connectivity index (χ1n) is 11.1. The smallest absolute Gasteiger partial charge is 0.323 e. The summed E-state index contributed by atoms with van der Waals surface area (Å²) in [6.07, 6.45) is 3.42. The Kier molecular flexibility index (Phi) is 7.15. The van der Waals surface area contributed by atoms with Gasteiger partial charge in [-0.1, -0.05) is 35.9 Å². The molecule has 0 radical (unpaired) electrons. The third-order valence-corrected chi connectivity index (χ3v) is 5.92. The van der Waals surface area contributed by atoms with E-state index in [0.29, 0.717) is 27.6 Å². The van der Waals surface area contributed by atoms with E-state index in [1.165, 1.54) is 6.42 Å². The highest BCUT2D eigenvalue weighted by atomic mass is 35.5. The van der Waals surface area contributed by atoms with Crippen LogP contribution >= 0.6 is 11.6 Å². The number of anilines is 4. The molecule has 0 aromatic heterocycles. The quantitative estimate of drug-likeness (QED) is 0.403. The average Bonchev–Trinajstić information content (AvgIpc) is 2.82. The first-order valence-corrected chi connectivity index (χ1v) is 11.5. The van der Waals surface area contributed by atoms with E-state index in [1.807, 2.05) is 43.3 Å². The number of carbonyl (C=O) groups is 2. The van der Waals surface area contributed by atoms with Crippen molar-refractivity contribution >= 4 is 46.3 Å².